The predicted molar refractivity (Wildman–Crippen MR) is 159 cm³/mol. The Morgan fingerprint density at radius 3 is 2.20 bits per heavy atom. The normalized spacial score (nSPS) is 17.6. The molecule has 0 radical (unpaired) electrons. The first-order valence-corrected chi connectivity index (χ1v) is 14.1. The fraction of sp³-hybridized carbons (Fsp3) is 0.0278. The number of benzene rings is 5. The van der Waals surface area contributed by atoms with Gasteiger partial charge in [0.25, 0.3) is 5.65 Å². The van der Waals surface area contributed by atoms with Gasteiger partial charge in [-0.05, 0) is 64.7 Å². The lowest BCUT2D eigenvalue weighted by molar-refractivity contribution is -0.934. The molecule has 12 rings (SSSR count). The Morgan fingerprint density at radius 1 is 0.634 bits per heavy atom. The number of hydrogen-bond donors (Lipinski definition) is 0. The molecule has 4 aromatic heterocycles. The van der Waals surface area contributed by atoms with Gasteiger partial charge in [0.1, 0.15) is 28.1 Å². The van der Waals surface area contributed by atoms with Crippen LogP contribution in [-0.4, -0.2) is 9.38 Å². The fourth-order valence-corrected chi connectivity index (χ4v) is 8.70. The van der Waals surface area contributed by atoms with Crippen LogP contribution in [0.4, 0.5) is 0 Å². The van der Waals surface area contributed by atoms with Crippen LogP contribution in [0.2, 0.25) is 0 Å². The molecular weight excluding hydrogens is 504 g/mol. The van der Waals surface area contributed by atoms with Gasteiger partial charge in [-0.1, -0.05) is 42.5 Å². The molecule has 0 aliphatic carbocycles. The summed E-state index contributed by atoms with van der Waals surface area (Å²) >= 11 is 0. The monoisotopic (exact) mass is 522 g/mol. The van der Waals surface area contributed by atoms with Gasteiger partial charge in [-0.3, -0.25) is 0 Å². The highest BCUT2D eigenvalue weighted by Crippen LogP contribution is 2.58. The highest BCUT2D eigenvalue weighted by Gasteiger charge is 2.68. The molecule has 1 spiro atoms. The van der Waals surface area contributed by atoms with Crippen molar-refractivity contribution in [1.82, 2.24) is 9.38 Å². The van der Waals surface area contributed by atoms with Crippen LogP contribution in [0.15, 0.2) is 109 Å². The zero-order chi connectivity index (χ0) is 26.2. The Labute approximate surface area is 231 Å². The summed E-state index contributed by atoms with van der Waals surface area (Å²) in [6, 6.07) is 35.2. The van der Waals surface area contributed by atoms with Gasteiger partial charge >= 0.3 is 11.3 Å². The van der Waals surface area contributed by atoms with Gasteiger partial charge in [0, 0.05) is 23.0 Å². The number of rotatable bonds is 0. The van der Waals surface area contributed by atoms with Crippen LogP contribution in [0.1, 0.15) is 11.1 Å². The van der Waals surface area contributed by atoms with E-state index in [1.807, 2.05) is 6.20 Å². The summed E-state index contributed by atoms with van der Waals surface area (Å²) in [4.78, 5) is 5.00. The molecule has 1 unspecified atom stereocenters. The summed E-state index contributed by atoms with van der Waals surface area (Å²) in [5.74, 6) is 1.84. The first-order chi connectivity index (χ1) is 20.4. The van der Waals surface area contributed by atoms with Crippen LogP contribution < -0.4 is 13.9 Å². The standard InChI is InChI=1S/C36H18N4O/c1-2-8-20-19(7-1)22-13-15-27-31-29(22)33-24(20)10-6-18-38(33)36(31)32-28(41-27)16-14-23-21-9-3-4-11-25(21)39-34-26(12-5-17-37-34)40(36)35(39)30(23)32/h1-18H/q+2. The van der Waals surface area contributed by atoms with E-state index in [0.717, 1.165) is 28.2 Å². The highest BCUT2D eigenvalue weighted by atomic mass is 16.5. The van der Waals surface area contributed by atoms with Gasteiger partial charge in [-0.25, -0.2) is 4.98 Å². The molecular formula is C36H18N4O+2. The number of para-hydroxylation sites is 1. The molecule has 5 aromatic carbocycles. The van der Waals surface area contributed by atoms with Gasteiger partial charge in [0.2, 0.25) is 11.0 Å². The summed E-state index contributed by atoms with van der Waals surface area (Å²) in [6.07, 6.45) is 4.19. The zero-order valence-corrected chi connectivity index (χ0v) is 21.6. The van der Waals surface area contributed by atoms with Crippen LogP contribution >= 0.6 is 0 Å². The molecule has 5 heteroatoms. The second kappa shape index (κ2) is 5.96. The lowest BCUT2D eigenvalue weighted by Crippen LogP contribution is -2.72. The van der Waals surface area contributed by atoms with Crippen molar-refractivity contribution in [3.05, 3.63) is 121 Å². The lowest BCUT2D eigenvalue weighted by atomic mass is 9.84. The van der Waals surface area contributed by atoms with E-state index >= 15 is 0 Å². The van der Waals surface area contributed by atoms with E-state index < -0.39 is 5.66 Å². The van der Waals surface area contributed by atoms with Crippen LogP contribution in [0.3, 0.4) is 0 Å². The summed E-state index contributed by atoms with van der Waals surface area (Å²) in [7, 11) is 0. The van der Waals surface area contributed by atoms with E-state index in [2.05, 4.69) is 117 Å². The van der Waals surface area contributed by atoms with E-state index in [0.29, 0.717) is 0 Å². The van der Waals surface area contributed by atoms with Gasteiger partial charge in [0.05, 0.1) is 16.2 Å². The second-order valence-corrected chi connectivity index (χ2v) is 11.5. The van der Waals surface area contributed by atoms with Gasteiger partial charge in [-0.2, -0.15) is 4.40 Å². The Kier molecular flexibility index (Phi) is 2.83. The van der Waals surface area contributed by atoms with Crippen LogP contribution in [0, 0.1) is 0 Å². The Bertz CT molecular complexity index is 2790. The van der Waals surface area contributed by atoms with E-state index in [9.17, 15) is 0 Å². The van der Waals surface area contributed by atoms with E-state index in [1.54, 1.807) is 0 Å². The number of nitrogens with zero attached hydrogens (tertiary/aromatic N) is 4. The van der Waals surface area contributed by atoms with Crippen molar-refractivity contribution in [2.45, 2.75) is 5.66 Å². The predicted octanol–water partition coefficient (Wildman–Crippen LogP) is 6.86. The van der Waals surface area contributed by atoms with Crippen LogP contribution in [-0.2, 0) is 5.66 Å². The van der Waals surface area contributed by atoms with Gasteiger partial charge in [-0.15, -0.1) is 9.13 Å². The summed E-state index contributed by atoms with van der Waals surface area (Å²) in [5, 5.41) is 10.1. The Hall–Kier alpha value is -5.55. The average molecular weight is 523 g/mol. The molecule has 0 saturated carbocycles. The fourth-order valence-electron chi connectivity index (χ4n) is 8.70. The molecule has 0 N–H and O–H groups in total. The molecule has 0 fully saturated rings. The maximum absolute atomic E-state index is 6.86. The molecule has 186 valence electrons. The number of pyridine rings is 3. The molecule has 5 nitrogen and oxygen atoms in total. The summed E-state index contributed by atoms with van der Waals surface area (Å²) < 4.78 is 14.3. The lowest BCUT2D eigenvalue weighted by Gasteiger charge is -2.28. The number of imidazole rings is 1. The topological polar surface area (TPSA) is 34.3 Å². The van der Waals surface area contributed by atoms with Crippen molar-refractivity contribution in [2.75, 3.05) is 0 Å². The SMILES string of the molecule is c1ccc2c(c1)c1ccc3c4c1c1c2ccc[n+]1C41c2c(ccc4c5ccccc5n5c6ncccc6[n+]1c5c24)O3. The Balaban J connectivity index is 1.48. The van der Waals surface area contributed by atoms with E-state index in [1.165, 1.54) is 65.4 Å². The minimum atomic E-state index is -0.642. The molecule has 3 aliphatic heterocycles. The van der Waals surface area contributed by atoms with Crippen molar-refractivity contribution < 1.29 is 13.9 Å². The van der Waals surface area contributed by atoms with Crippen molar-refractivity contribution in [3.8, 4) is 11.5 Å². The van der Waals surface area contributed by atoms with Gasteiger partial charge < -0.3 is 4.74 Å². The molecule has 0 bridgehead atoms. The number of ether oxygens (including phenoxy) is 1. The molecule has 0 saturated heterocycles. The van der Waals surface area contributed by atoms with Crippen molar-refractivity contribution in [3.63, 3.8) is 0 Å². The second-order valence-electron chi connectivity index (χ2n) is 11.5. The molecule has 3 aliphatic rings. The summed E-state index contributed by atoms with van der Waals surface area (Å²) in [5.41, 5.74) is 7.47. The highest BCUT2D eigenvalue weighted by molar-refractivity contribution is 6.26. The Morgan fingerprint density at radius 2 is 1.34 bits per heavy atom. The van der Waals surface area contributed by atoms with Crippen LogP contribution in [0.5, 0.6) is 11.5 Å². The van der Waals surface area contributed by atoms with E-state index in [-0.39, 0.29) is 0 Å². The minimum Gasteiger partial charge on any atom is -0.456 e. The first-order valence-electron chi connectivity index (χ1n) is 14.1. The third-order valence-corrected chi connectivity index (χ3v) is 9.96. The average Bonchev–Trinajstić information content (AvgIpc) is 3.66. The molecule has 1 atom stereocenters. The molecule has 41 heavy (non-hydrogen) atoms. The zero-order valence-electron chi connectivity index (χ0n) is 21.6. The van der Waals surface area contributed by atoms with Crippen LogP contribution in [0.25, 0.3) is 70.9 Å². The van der Waals surface area contributed by atoms with Gasteiger partial charge in [0.15, 0.2) is 6.20 Å². The van der Waals surface area contributed by atoms with Crippen molar-refractivity contribution >= 4 is 70.9 Å². The van der Waals surface area contributed by atoms with Crippen molar-refractivity contribution in [1.29, 1.82) is 0 Å². The number of aromatic nitrogens is 4. The molecule has 9 aromatic rings. The van der Waals surface area contributed by atoms with E-state index in [4.69, 9.17) is 9.72 Å². The van der Waals surface area contributed by atoms with Crippen molar-refractivity contribution in [2.24, 2.45) is 0 Å². The number of hydrogen-bond acceptors (Lipinski definition) is 2. The number of fused-ring (bicyclic) bond motifs is 9. The quantitative estimate of drug-likeness (QED) is 0.161. The first kappa shape index (κ1) is 19.5. The maximum atomic E-state index is 6.86. The maximum Gasteiger partial charge on any atom is 0.372 e. The largest absolute Gasteiger partial charge is 0.456 e. The third-order valence-electron chi connectivity index (χ3n) is 9.96. The molecule has 7 heterocycles. The smallest absolute Gasteiger partial charge is 0.372 e. The molecule has 0 amide bonds. The summed E-state index contributed by atoms with van der Waals surface area (Å²) in [6.45, 7) is 0. The third kappa shape index (κ3) is 1.76. The minimum absolute atomic E-state index is 0.642.